The molecule has 0 fully saturated rings. The van der Waals surface area contributed by atoms with Gasteiger partial charge in [-0.05, 0) is 42.5 Å². The van der Waals surface area contributed by atoms with E-state index in [9.17, 15) is 14.4 Å². The Morgan fingerprint density at radius 2 is 1.68 bits per heavy atom. The van der Waals surface area contributed by atoms with Crippen molar-refractivity contribution in [3.8, 4) is 5.75 Å². The number of imide groups is 1. The highest BCUT2D eigenvalue weighted by molar-refractivity contribution is 6.53. The molecule has 1 N–H and O–H groups in total. The first kappa shape index (κ1) is 19.7. The number of hydrogen-bond acceptors (Lipinski definition) is 6. The van der Waals surface area contributed by atoms with Gasteiger partial charge >= 0.3 is 5.97 Å². The van der Waals surface area contributed by atoms with E-state index in [-0.39, 0.29) is 16.4 Å². The summed E-state index contributed by atoms with van der Waals surface area (Å²) in [5.41, 5.74) is 0.884. The number of nitrogens with zero attached hydrogens (tertiary/aromatic N) is 1. The molecule has 0 radical (unpaired) electrons. The van der Waals surface area contributed by atoms with Crippen molar-refractivity contribution in [3.05, 3.63) is 63.8 Å². The SMILES string of the molecule is COC(=O)c1ccc(NC2=C(Cl)C(=O)N(c3cc(Cl)ccc3OC)C2=O)cc1. The van der Waals surface area contributed by atoms with Crippen LogP contribution < -0.4 is 15.0 Å². The minimum absolute atomic E-state index is 0.0977. The number of esters is 1. The van der Waals surface area contributed by atoms with Crippen LogP contribution in [0.15, 0.2) is 53.2 Å². The fourth-order valence-corrected chi connectivity index (χ4v) is 3.00. The second-order valence-electron chi connectivity index (χ2n) is 5.64. The highest BCUT2D eigenvalue weighted by Gasteiger charge is 2.40. The number of hydrogen-bond donors (Lipinski definition) is 1. The molecule has 0 atom stereocenters. The molecule has 144 valence electrons. The number of benzene rings is 2. The molecule has 28 heavy (non-hydrogen) atoms. The Bertz CT molecular complexity index is 1000. The van der Waals surface area contributed by atoms with Crippen molar-refractivity contribution in [3.63, 3.8) is 0 Å². The maximum absolute atomic E-state index is 12.9. The fourth-order valence-electron chi connectivity index (χ4n) is 2.62. The van der Waals surface area contributed by atoms with Gasteiger partial charge in [0.05, 0.1) is 25.5 Å². The molecular weight excluding hydrogens is 407 g/mol. The van der Waals surface area contributed by atoms with Gasteiger partial charge in [-0.3, -0.25) is 9.59 Å². The molecule has 2 amide bonds. The molecular formula is C19H14Cl2N2O5. The van der Waals surface area contributed by atoms with E-state index < -0.39 is 17.8 Å². The van der Waals surface area contributed by atoms with Gasteiger partial charge in [-0.25, -0.2) is 9.69 Å². The molecule has 0 aliphatic carbocycles. The Morgan fingerprint density at radius 3 is 2.29 bits per heavy atom. The van der Waals surface area contributed by atoms with Crippen LogP contribution in [0, 0.1) is 0 Å². The minimum atomic E-state index is -0.707. The first-order chi connectivity index (χ1) is 13.4. The summed E-state index contributed by atoms with van der Waals surface area (Å²) in [6, 6.07) is 10.7. The number of carbonyl (C=O) groups is 3. The number of rotatable bonds is 5. The molecule has 0 unspecified atom stereocenters. The van der Waals surface area contributed by atoms with Crippen LogP contribution >= 0.6 is 23.2 Å². The molecule has 2 aromatic rings. The molecule has 1 heterocycles. The third-order valence-electron chi connectivity index (χ3n) is 3.98. The highest BCUT2D eigenvalue weighted by Crippen LogP contribution is 2.37. The van der Waals surface area contributed by atoms with Gasteiger partial charge in [0.1, 0.15) is 16.5 Å². The van der Waals surface area contributed by atoms with E-state index in [2.05, 4.69) is 10.1 Å². The zero-order valence-electron chi connectivity index (χ0n) is 14.8. The first-order valence-electron chi connectivity index (χ1n) is 7.95. The van der Waals surface area contributed by atoms with Crippen molar-refractivity contribution in [1.82, 2.24) is 0 Å². The van der Waals surface area contributed by atoms with Crippen molar-refractivity contribution < 1.29 is 23.9 Å². The zero-order chi connectivity index (χ0) is 20.4. The Balaban J connectivity index is 1.90. The number of methoxy groups -OCH3 is 2. The summed E-state index contributed by atoms with van der Waals surface area (Å²) in [7, 11) is 2.69. The molecule has 0 saturated carbocycles. The largest absolute Gasteiger partial charge is 0.495 e. The fraction of sp³-hybridized carbons (Fsp3) is 0.105. The molecule has 0 spiro atoms. The van der Waals surface area contributed by atoms with Crippen molar-refractivity contribution in [1.29, 1.82) is 0 Å². The van der Waals surface area contributed by atoms with Crippen LogP contribution in [0.4, 0.5) is 11.4 Å². The summed E-state index contributed by atoms with van der Waals surface area (Å²) in [6.07, 6.45) is 0. The monoisotopic (exact) mass is 420 g/mol. The second kappa shape index (κ2) is 7.92. The van der Waals surface area contributed by atoms with Gasteiger partial charge in [0.2, 0.25) is 0 Å². The van der Waals surface area contributed by atoms with Gasteiger partial charge in [-0.15, -0.1) is 0 Å². The average Bonchev–Trinajstić information content (AvgIpc) is 2.91. The van der Waals surface area contributed by atoms with Gasteiger partial charge in [0.15, 0.2) is 0 Å². The Kier molecular flexibility index (Phi) is 5.58. The summed E-state index contributed by atoms with van der Waals surface area (Å²) in [4.78, 5) is 37.8. The van der Waals surface area contributed by atoms with E-state index in [4.69, 9.17) is 27.9 Å². The van der Waals surface area contributed by atoms with E-state index >= 15 is 0 Å². The van der Waals surface area contributed by atoms with Crippen LogP contribution in [0.3, 0.4) is 0 Å². The predicted molar refractivity (Wildman–Crippen MR) is 105 cm³/mol. The lowest BCUT2D eigenvalue weighted by Crippen LogP contribution is -2.32. The quantitative estimate of drug-likeness (QED) is 0.587. The number of carbonyl (C=O) groups excluding carboxylic acids is 3. The number of halogens is 2. The molecule has 9 heteroatoms. The van der Waals surface area contributed by atoms with E-state index in [0.29, 0.717) is 22.0 Å². The maximum atomic E-state index is 12.9. The number of anilines is 2. The third kappa shape index (κ3) is 3.54. The van der Waals surface area contributed by atoms with Crippen LogP contribution in [-0.2, 0) is 14.3 Å². The molecule has 7 nitrogen and oxygen atoms in total. The van der Waals surface area contributed by atoms with Crippen molar-refractivity contribution >= 4 is 52.4 Å². The number of amides is 2. The average molecular weight is 421 g/mol. The minimum Gasteiger partial charge on any atom is -0.495 e. The summed E-state index contributed by atoms with van der Waals surface area (Å²) < 4.78 is 9.85. The van der Waals surface area contributed by atoms with Crippen LogP contribution in [0.5, 0.6) is 5.75 Å². The summed E-state index contributed by atoms with van der Waals surface area (Å²) in [6.45, 7) is 0. The van der Waals surface area contributed by atoms with Gasteiger partial charge in [-0.2, -0.15) is 0 Å². The van der Waals surface area contributed by atoms with E-state index in [0.717, 1.165) is 4.90 Å². The van der Waals surface area contributed by atoms with Crippen LogP contribution in [0.25, 0.3) is 0 Å². The summed E-state index contributed by atoms with van der Waals surface area (Å²) >= 11 is 12.1. The van der Waals surface area contributed by atoms with Gasteiger partial charge in [0, 0.05) is 10.7 Å². The van der Waals surface area contributed by atoms with Crippen LogP contribution in [-0.4, -0.2) is 32.0 Å². The van der Waals surface area contributed by atoms with E-state index in [1.807, 2.05) is 0 Å². The molecule has 0 bridgehead atoms. The van der Waals surface area contributed by atoms with E-state index in [1.54, 1.807) is 24.3 Å². The van der Waals surface area contributed by atoms with Gasteiger partial charge in [-0.1, -0.05) is 23.2 Å². The van der Waals surface area contributed by atoms with Crippen molar-refractivity contribution in [2.45, 2.75) is 0 Å². The first-order valence-corrected chi connectivity index (χ1v) is 8.70. The third-order valence-corrected chi connectivity index (χ3v) is 4.57. The Labute approximate surface area is 170 Å². The number of nitrogens with one attached hydrogen (secondary N) is 1. The zero-order valence-corrected chi connectivity index (χ0v) is 16.3. The predicted octanol–water partition coefficient (Wildman–Crippen LogP) is 3.57. The lowest BCUT2D eigenvalue weighted by molar-refractivity contribution is -0.120. The molecule has 0 aromatic heterocycles. The van der Waals surface area contributed by atoms with Gasteiger partial charge < -0.3 is 14.8 Å². The molecule has 2 aromatic carbocycles. The molecule has 1 aliphatic heterocycles. The number of ether oxygens (including phenoxy) is 2. The molecule has 0 saturated heterocycles. The lowest BCUT2D eigenvalue weighted by Gasteiger charge is -2.18. The Hall–Kier alpha value is -3.03. The smallest absolute Gasteiger partial charge is 0.337 e. The standard InChI is InChI=1S/C19H14Cl2N2O5/c1-27-14-8-5-11(20)9-13(14)23-17(24)15(21)16(18(23)25)22-12-6-3-10(4-7-12)19(26)28-2/h3-9,22H,1-2H3. The molecule has 1 aliphatic rings. The van der Waals surface area contributed by atoms with Crippen LogP contribution in [0.1, 0.15) is 10.4 Å². The topological polar surface area (TPSA) is 84.9 Å². The van der Waals surface area contributed by atoms with Gasteiger partial charge in [0.25, 0.3) is 11.8 Å². The second-order valence-corrected chi connectivity index (χ2v) is 6.46. The van der Waals surface area contributed by atoms with Crippen molar-refractivity contribution in [2.75, 3.05) is 24.4 Å². The highest BCUT2D eigenvalue weighted by atomic mass is 35.5. The normalized spacial score (nSPS) is 13.8. The van der Waals surface area contributed by atoms with E-state index in [1.165, 1.54) is 32.4 Å². The summed E-state index contributed by atoms with van der Waals surface area (Å²) in [5.74, 6) is -1.57. The Morgan fingerprint density at radius 1 is 1.00 bits per heavy atom. The maximum Gasteiger partial charge on any atom is 0.337 e. The van der Waals surface area contributed by atoms with Crippen LogP contribution in [0.2, 0.25) is 5.02 Å². The summed E-state index contributed by atoms with van der Waals surface area (Å²) in [5, 5.41) is 2.87. The lowest BCUT2D eigenvalue weighted by atomic mass is 10.2. The molecule has 3 rings (SSSR count). The van der Waals surface area contributed by atoms with Crippen molar-refractivity contribution in [2.24, 2.45) is 0 Å².